The minimum absolute atomic E-state index is 0.0925. The molecule has 0 spiro atoms. The Balaban J connectivity index is 2.59. The van der Waals surface area contributed by atoms with Crippen molar-refractivity contribution in [1.82, 2.24) is 0 Å². The van der Waals surface area contributed by atoms with E-state index in [0.717, 1.165) is 6.92 Å². The number of hydrogen-bond acceptors (Lipinski definition) is 3. The second-order valence-electron chi connectivity index (χ2n) is 4.00. The molecule has 1 fully saturated rings. The summed E-state index contributed by atoms with van der Waals surface area (Å²) in [4.78, 5) is 0. The Morgan fingerprint density at radius 3 is 2.50 bits per heavy atom. The molecule has 2 atom stereocenters. The van der Waals surface area contributed by atoms with E-state index < -0.39 is 34.2 Å². The molecule has 1 heterocycles. The lowest BCUT2D eigenvalue weighted by Gasteiger charge is -2.29. The molecule has 1 aliphatic rings. The van der Waals surface area contributed by atoms with E-state index in [2.05, 4.69) is 0 Å². The Morgan fingerprint density at radius 2 is 2.07 bits per heavy atom. The summed E-state index contributed by atoms with van der Waals surface area (Å²) in [6, 6.07) is 0. The van der Waals surface area contributed by atoms with Gasteiger partial charge in [-0.2, -0.15) is 0 Å². The monoisotopic (exact) mass is 228 g/mol. The molecule has 0 aromatic rings. The van der Waals surface area contributed by atoms with Gasteiger partial charge in [-0.05, 0) is 19.3 Å². The molecule has 0 aromatic heterocycles. The maximum absolute atomic E-state index is 12.6. The van der Waals surface area contributed by atoms with Crippen molar-refractivity contribution < 1.29 is 22.3 Å². The van der Waals surface area contributed by atoms with Crippen LogP contribution in [-0.2, 0) is 9.84 Å². The van der Waals surface area contributed by atoms with E-state index in [0.29, 0.717) is 0 Å². The summed E-state index contributed by atoms with van der Waals surface area (Å²) < 4.78 is 47.3. The molecule has 84 valence electrons. The highest BCUT2D eigenvalue weighted by molar-refractivity contribution is 7.91. The van der Waals surface area contributed by atoms with Crippen LogP contribution in [0.4, 0.5) is 8.78 Å². The predicted octanol–water partition coefficient (Wildman–Crippen LogP) is 0.827. The first-order valence-corrected chi connectivity index (χ1v) is 6.28. The van der Waals surface area contributed by atoms with Crippen LogP contribution in [0.15, 0.2) is 0 Å². The zero-order valence-electron chi connectivity index (χ0n) is 7.91. The third-order valence-electron chi connectivity index (χ3n) is 2.39. The molecule has 1 N–H and O–H groups in total. The number of halogens is 2. The molecule has 0 aromatic carbocycles. The fourth-order valence-corrected chi connectivity index (χ4v) is 3.32. The van der Waals surface area contributed by atoms with Crippen LogP contribution < -0.4 is 0 Å². The molecule has 2 unspecified atom stereocenters. The van der Waals surface area contributed by atoms with Gasteiger partial charge in [0.15, 0.2) is 9.84 Å². The summed E-state index contributed by atoms with van der Waals surface area (Å²) in [5, 5.41) is 9.36. The van der Waals surface area contributed by atoms with E-state index in [4.69, 9.17) is 0 Å². The van der Waals surface area contributed by atoms with Gasteiger partial charge in [-0.3, -0.25) is 0 Å². The van der Waals surface area contributed by atoms with Crippen molar-refractivity contribution >= 4 is 9.84 Å². The Morgan fingerprint density at radius 1 is 1.50 bits per heavy atom. The van der Waals surface area contributed by atoms with E-state index in [-0.39, 0.29) is 17.9 Å². The van der Waals surface area contributed by atoms with E-state index >= 15 is 0 Å². The second kappa shape index (κ2) is 3.73. The topological polar surface area (TPSA) is 54.4 Å². The fourth-order valence-electron chi connectivity index (χ4n) is 1.70. The van der Waals surface area contributed by atoms with Gasteiger partial charge in [0.25, 0.3) is 0 Å². The molecule has 0 saturated carbocycles. The lowest BCUT2D eigenvalue weighted by Crippen LogP contribution is -2.39. The number of rotatable bonds is 2. The zero-order valence-corrected chi connectivity index (χ0v) is 8.73. The van der Waals surface area contributed by atoms with Crippen LogP contribution in [0.25, 0.3) is 0 Å². The summed E-state index contributed by atoms with van der Waals surface area (Å²) >= 11 is 0. The van der Waals surface area contributed by atoms with Crippen molar-refractivity contribution in [1.29, 1.82) is 0 Å². The molecule has 0 aliphatic carbocycles. The smallest absolute Gasteiger partial charge is 0.245 e. The van der Waals surface area contributed by atoms with Gasteiger partial charge in [-0.25, -0.2) is 17.2 Å². The SMILES string of the molecule is CC(F)(F)CC1CCS(=O)(=O)CC1O. The highest BCUT2D eigenvalue weighted by atomic mass is 32.2. The Labute approximate surface area is 82.0 Å². The largest absolute Gasteiger partial charge is 0.392 e. The van der Waals surface area contributed by atoms with Crippen LogP contribution in [0.3, 0.4) is 0 Å². The fraction of sp³-hybridized carbons (Fsp3) is 1.00. The summed E-state index contributed by atoms with van der Waals surface area (Å²) in [6.45, 7) is 0.781. The van der Waals surface area contributed by atoms with Gasteiger partial charge in [-0.1, -0.05) is 0 Å². The van der Waals surface area contributed by atoms with E-state index in [9.17, 15) is 22.3 Å². The maximum atomic E-state index is 12.6. The van der Waals surface area contributed by atoms with E-state index in [1.165, 1.54) is 0 Å². The molecular weight excluding hydrogens is 214 g/mol. The molecule has 14 heavy (non-hydrogen) atoms. The summed E-state index contributed by atoms with van der Waals surface area (Å²) in [7, 11) is -3.22. The number of aliphatic hydroxyl groups excluding tert-OH is 1. The first kappa shape index (κ1) is 11.8. The second-order valence-corrected chi connectivity index (χ2v) is 6.23. The van der Waals surface area contributed by atoms with Gasteiger partial charge in [0.1, 0.15) is 0 Å². The summed E-state index contributed by atoms with van der Waals surface area (Å²) in [5.41, 5.74) is 0. The third kappa shape index (κ3) is 3.49. The molecule has 0 radical (unpaired) electrons. The first-order chi connectivity index (χ1) is 6.20. The minimum Gasteiger partial charge on any atom is -0.392 e. The molecule has 3 nitrogen and oxygen atoms in total. The van der Waals surface area contributed by atoms with E-state index in [1.54, 1.807) is 0 Å². The van der Waals surface area contributed by atoms with Crippen LogP contribution in [0.5, 0.6) is 0 Å². The van der Waals surface area contributed by atoms with Gasteiger partial charge in [0.05, 0.1) is 17.6 Å². The van der Waals surface area contributed by atoms with Gasteiger partial charge in [0, 0.05) is 6.42 Å². The van der Waals surface area contributed by atoms with Crippen LogP contribution in [0.2, 0.25) is 0 Å². The van der Waals surface area contributed by atoms with Crippen molar-refractivity contribution in [2.24, 2.45) is 5.92 Å². The lowest BCUT2D eigenvalue weighted by atomic mass is 9.93. The molecule has 1 rings (SSSR count). The normalized spacial score (nSPS) is 32.9. The average Bonchev–Trinajstić information content (AvgIpc) is 1.92. The van der Waals surface area contributed by atoms with Crippen LogP contribution >= 0.6 is 0 Å². The maximum Gasteiger partial charge on any atom is 0.245 e. The van der Waals surface area contributed by atoms with Crippen molar-refractivity contribution in [3.05, 3.63) is 0 Å². The van der Waals surface area contributed by atoms with Crippen molar-refractivity contribution in [2.75, 3.05) is 11.5 Å². The Kier molecular flexibility index (Phi) is 3.16. The van der Waals surface area contributed by atoms with Gasteiger partial charge >= 0.3 is 0 Å². The molecule has 6 heteroatoms. The van der Waals surface area contributed by atoms with Crippen LogP contribution in [-0.4, -0.2) is 37.1 Å². The Bertz CT molecular complexity index is 294. The summed E-state index contributed by atoms with van der Waals surface area (Å²) in [6.07, 6.45) is -1.45. The third-order valence-corrected chi connectivity index (χ3v) is 4.10. The van der Waals surface area contributed by atoms with Crippen molar-refractivity contribution in [3.8, 4) is 0 Å². The van der Waals surface area contributed by atoms with Crippen LogP contribution in [0, 0.1) is 5.92 Å². The van der Waals surface area contributed by atoms with Crippen molar-refractivity contribution in [3.63, 3.8) is 0 Å². The standard InChI is InChI=1S/C8H14F2O3S/c1-8(9,10)4-6-2-3-14(12,13)5-7(6)11/h6-7,11H,2-5H2,1H3. The highest BCUT2D eigenvalue weighted by Crippen LogP contribution is 2.30. The van der Waals surface area contributed by atoms with Gasteiger partial charge in [-0.15, -0.1) is 0 Å². The molecule has 1 aliphatic heterocycles. The van der Waals surface area contributed by atoms with Gasteiger partial charge < -0.3 is 5.11 Å². The Hall–Kier alpha value is -0.230. The number of hydrogen-bond donors (Lipinski definition) is 1. The lowest BCUT2D eigenvalue weighted by molar-refractivity contribution is -0.0268. The van der Waals surface area contributed by atoms with Crippen molar-refractivity contribution in [2.45, 2.75) is 31.8 Å². The highest BCUT2D eigenvalue weighted by Gasteiger charge is 2.37. The number of aliphatic hydroxyl groups is 1. The zero-order chi connectivity index (χ0) is 11.0. The molecule has 0 bridgehead atoms. The quantitative estimate of drug-likeness (QED) is 0.761. The van der Waals surface area contributed by atoms with Gasteiger partial charge in [0.2, 0.25) is 5.92 Å². The van der Waals surface area contributed by atoms with E-state index in [1.807, 2.05) is 0 Å². The first-order valence-electron chi connectivity index (χ1n) is 4.46. The molecular formula is C8H14F2O3S. The number of alkyl halides is 2. The average molecular weight is 228 g/mol. The van der Waals surface area contributed by atoms with Crippen LogP contribution in [0.1, 0.15) is 19.8 Å². The number of sulfone groups is 1. The molecule has 1 saturated heterocycles. The summed E-state index contributed by atoms with van der Waals surface area (Å²) in [5.74, 6) is -3.91. The molecule has 0 amide bonds. The minimum atomic E-state index is -3.22. The predicted molar refractivity (Wildman–Crippen MR) is 48.0 cm³/mol.